The second-order valence-electron chi connectivity index (χ2n) is 3.81. The Morgan fingerprint density at radius 2 is 2.20 bits per heavy atom. The predicted octanol–water partition coefficient (Wildman–Crippen LogP) is 1.17. The van der Waals surface area contributed by atoms with Gasteiger partial charge in [0.05, 0.1) is 5.92 Å². The van der Waals surface area contributed by atoms with Crippen molar-refractivity contribution in [3.05, 3.63) is 0 Å². The van der Waals surface area contributed by atoms with Gasteiger partial charge in [0, 0.05) is 13.5 Å². The molecular weight excluding hydrogens is 198 g/mol. The van der Waals surface area contributed by atoms with Crippen molar-refractivity contribution in [1.29, 1.82) is 0 Å². The monoisotopic (exact) mass is 213 g/mol. The highest BCUT2D eigenvalue weighted by molar-refractivity contribution is 5.98. The maximum absolute atomic E-state index is 11.4. The summed E-state index contributed by atoms with van der Waals surface area (Å²) in [5.74, 6) is -1.20. The second-order valence-corrected chi connectivity index (χ2v) is 3.81. The van der Waals surface area contributed by atoms with Crippen LogP contribution in [0.2, 0.25) is 0 Å². The molecule has 0 radical (unpaired) electrons. The maximum atomic E-state index is 11.4. The van der Waals surface area contributed by atoms with Crippen LogP contribution in [0.25, 0.3) is 0 Å². The summed E-state index contributed by atoms with van der Waals surface area (Å²) in [6, 6.07) is 0. The van der Waals surface area contributed by atoms with Crippen molar-refractivity contribution in [1.82, 2.24) is 4.90 Å². The van der Waals surface area contributed by atoms with Gasteiger partial charge in [-0.2, -0.15) is 0 Å². The molecule has 0 N–H and O–H groups in total. The number of carbonyl (C=O) groups excluding carboxylic acids is 3. The summed E-state index contributed by atoms with van der Waals surface area (Å²) >= 11 is 0. The van der Waals surface area contributed by atoms with Crippen LogP contribution in [0.1, 0.15) is 27.2 Å². The van der Waals surface area contributed by atoms with E-state index >= 15 is 0 Å². The first-order valence-electron chi connectivity index (χ1n) is 5.01. The van der Waals surface area contributed by atoms with Crippen molar-refractivity contribution in [2.24, 2.45) is 11.8 Å². The molecule has 5 heteroatoms. The lowest BCUT2D eigenvalue weighted by molar-refractivity contribution is -0.152. The summed E-state index contributed by atoms with van der Waals surface area (Å²) in [6.07, 6.45) is -0.0493. The second kappa shape index (κ2) is 4.42. The summed E-state index contributed by atoms with van der Waals surface area (Å²) in [7, 11) is 0. The van der Waals surface area contributed by atoms with Crippen molar-refractivity contribution >= 4 is 18.0 Å². The number of hydrogen-bond acceptors (Lipinski definition) is 4. The Kier molecular flexibility index (Phi) is 3.44. The Morgan fingerprint density at radius 1 is 1.60 bits per heavy atom. The highest BCUT2D eigenvalue weighted by Crippen LogP contribution is 2.22. The molecule has 1 aliphatic rings. The number of imide groups is 1. The fourth-order valence-electron chi connectivity index (χ4n) is 1.52. The molecule has 0 aromatic carbocycles. The quantitative estimate of drug-likeness (QED) is 0.510. The number of esters is 1. The molecule has 0 bridgehead atoms. The fraction of sp³-hybridized carbons (Fsp3) is 0.700. The third-order valence-corrected chi connectivity index (χ3v) is 2.80. The zero-order chi connectivity index (χ0) is 11.6. The largest absolute Gasteiger partial charge is 0.424 e. The van der Waals surface area contributed by atoms with Crippen molar-refractivity contribution in [3.63, 3.8) is 0 Å². The van der Waals surface area contributed by atoms with E-state index in [1.807, 2.05) is 13.8 Å². The maximum Gasteiger partial charge on any atom is 0.424 e. The number of ether oxygens (including phenoxy) is 1. The van der Waals surface area contributed by atoms with Gasteiger partial charge in [-0.05, 0) is 5.92 Å². The molecule has 0 spiro atoms. The zero-order valence-electron chi connectivity index (χ0n) is 9.15. The third-order valence-electron chi connectivity index (χ3n) is 2.80. The molecule has 0 saturated carbocycles. The third kappa shape index (κ3) is 2.34. The summed E-state index contributed by atoms with van der Waals surface area (Å²) in [5.41, 5.74) is 0. The van der Waals surface area contributed by atoms with Crippen LogP contribution in [-0.4, -0.2) is 29.4 Å². The first-order chi connectivity index (χ1) is 6.97. The highest BCUT2D eigenvalue weighted by Gasteiger charge is 2.38. The molecule has 2 unspecified atom stereocenters. The van der Waals surface area contributed by atoms with Gasteiger partial charge < -0.3 is 4.74 Å². The van der Waals surface area contributed by atoms with Crippen molar-refractivity contribution < 1.29 is 19.1 Å². The van der Waals surface area contributed by atoms with E-state index in [0.29, 0.717) is 0 Å². The average molecular weight is 213 g/mol. The van der Waals surface area contributed by atoms with Gasteiger partial charge in [0.25, 0.3) is 0 Å². The van der Waals surface area contributed by atoms with E-state index in [2.05, 4.69) is 4.74 Å². The lowest BCUT2D eigenvalue weighted by atomic mass is 9.90. The van der Waals surface area contributed by atoms with Crippen LogP contribution >= 0.6 is 0 Å². The van der Waals surface area contributed by atoms with Crippen LogP contribution in [-0.2, 0) is 14.3 Å². The normalized spacial score (nSPS) is 23.7. The summed E-state index contributed by atoms with van der Waals surface area (Å²) < 4.78 is 4.52. The minimum Gasteiger partial charge on any atom is -0.376 e. The molecule has 84 valence electrons. The van der Waals surface area contributed by atoms with Gasteiger partial charge in [-0.15, -0.1) is 0 Å². The zero-order valence-corrected chi connectivity index (χ0v) is 9.15. The van der Waals surface area contributed by atoms with Crippen LogP contribution in [0.4, 0.5) is 4.79 Å². The van der Waals surface area contributed by atoms with Crippen molar-refractivity contribution in [2.45, 2.75) is 27.2 Å². The van der Waals surface area contributed by atoms with Crippen LogP contribution in [0.5, 0.6) is 0 Å². The Bertz CT molecular complexity index is 300. The van der Waals surface area contributed by atoms with Crippen LogP contribution in [0.15, 0.2) is 0 Å². The van der Waals surface area contributed by atoms with E-state index in [0.717, 1.165) is 11.3 Å². The summed E-state index contributed by atoms with van der Waals surface area (Å²) in [5, 5.41) is 0. The molecule has 2 amide bonds. The number of nitrogens with zero attached hydrogens (tertiary/aromatic N) is 1. The first-order valence-corrected chi connectivity index (χ1v) is 5.01. The van der Waals surface area contributed by atoms with Gasteiger partial charge in [-0.3, -0.25) is 9.59 Å². The minimum atomic E-state index is -0.855. The summed E-state index contributed by atoms with van der Waals surface area (Å²) in [4.78, 5) is 34.6. The average Bonchev–Trinajstić information content (AvgIpc) is 2.16. The summed E-state index contributed by atoms with van der Waals surface area (Å²) in [6.45, 7) is 5.28. The smallest absolute Gasteiger partial charge is 0.376 e. The van der Waals surface area contributed by atoms with Crippen LogP contribution in [0, 0.1) is 11.8 Å². The Hall–Kier alpha value is -1.39. The van der Waals surface area contributed by atoms with Gasteiger partial charge in [0.1, 0.15) is 0 Å². The molecule has 0 aromatic heterocycles. The number of carbonyl (C=O) groups is 3. The van der Waals surface area contributed by atoms with Crippen molar-refractivity contribution in [2.75, 3.05) is 6.54 Å². The van der Waals surface area contributed by atoms with Crippen LogP contribution < -0.4 is 0 Å². The molecule has 0 aliphatic carbocycles. The van der Waals surface area contributed by atoms with E-state index in [4.69, 9.17) is 0 Å². The van der Waals surface area contributed by atoms with E-state index in [-0.39, 0.29) is 18.4 Å². The molecule has 5 nitrogen and oxygen atoms in total. The lowest BCUT2D eigenvalue weighted by Gasteiger charge is -2.31. The van der Waals surface area contributed by atoms with Crippen LogP contribution in [0.3, 0.4) is 0 Å². The molecule has 1 rings (SSSR count). The Morgan fingerprint density at radius 3 is 2.67 bits per heavy atom. The van der Waals surface area contributed by atoms with Gasteiger partial charge >= 0.3 is 12.1 Å². The number of cyclic esters (lactones) is 2. The van der Waals surface area contributed by atoms with Gasteiger partial charge in [0.15, 0.2) is 0 Å². The van der Waals surface area contributed by atoms with E-state index < -0.39 is 18.0 Å². The Labute approximate surface area is 88.4 Å². The number of hydrogen-bond donors (Lipinski definition) is 0. The standard InChI is InChI=1S/C10H15NO4/c1-4-6(2)8-5-11(7(3)12)10(14)15-9(8)13/h6,8H,4-5H2,1-3H3. The molecular formula is C10H15NO4. The molecule has 15 heavy (non-hydrogen) atoms. The van der Waals surface area contributed by atoms with E-state index in [9.17, 15) is 14.4 Å². The topological polar surface area (TPSA) is 63.7 Å². The molecule has 1 fully saturated rings. The first kappa shape index (κ1) is 11.7. The minimum absolute atomic E-state index is 0.104. The molecule has 2 atom stereocenters. The molecule has 1 aliphatic heterocycles. The lowest BCUT2D eigenvalue weighted by Crippen LogP contribution is -2.49. The van der Waals surface area contributed by atoms with Gasteiger partial charge in [0.2, 0.25) is 5.91 Å². The van der Waals surface area contributed by atoms with Crippen molar-refractivity contribution in [3.8, 4) is 0 Å². The van der Waals surface area contributed by atoms with E-state index in [1.165, 1.54) is 6.92 Å². The number of rotatable bonds is 2. The molecule has 0 aromatic rings. The fourth-order valence-corrected chi connectivity index (χ4v) is 1.52. The predicted molar refractivity (Wildman–Crippen MR) is 51.8 cm³/mol. The molecule has 1 saturated heterocycles. The Balaban J connectivity index is 2.80. The SMILES string of the molecule is CCC(C)C1CN(C(C)=O)C(=O)OC1=O. The van der Waals surface area contributed by atoms with Gasteiger partial charge in [-0.1, -0.05) is 20.3 Å². The highest BCUT2D eigenvalue weighted by atomic mass is 16.6. The van der Waals surface area contributed by atoms with Gasteiger partial charge in [-0.25, -0.2) is 9.69 Å². The van der Waals surface area contributed by atoms with E-state index in [1.54, 1.807) is 0 Å². The number of amides is 2. The molecule has 1 heterocycles.